The molecule has 0 bridgehead atoms. The molecule has 1 heterocycles. The number of nitrogens with zero attached hydrogens (tertiary/aromatic N) is 1. The van der Waals surface area contributed by atoms with E-state index in [2.05, 4.69) is 4.90 Å². The zero-order valence-corrected chi connectivity index (χ0v) is 7.00. The van der Waals surface area contributed by atoms with Crippen LogP contribution in [0, 0.1) is 0 Å². The molecule has 2 atom stereocenters. The average molecular weight is 155 g/mol. The molecule has 2 rings (SSSR count). The van der Waals surface area contributed by atoms with Crippen molar-refractivity contribution >= 4 is 0 Å². The zero-order valence-electron chi connectivity index (χ0n) is 7.00. The SMILES string of the molecule is O[C@H]1CCC[C@H]1N1CCCC1. The molecule has 0 amide bonds. The highest BCUT2D eigenvalue weighted by atomic mass is 16.3. The van der Waals surface area contributed by atoms with E-state index in [1.54, 1.807) is 0 Å². The highest BCUT2D eigenvalue weighted by Gasteiger charge is 2.31. The van der Waals surface area contributed by atoms with Crippen molar-refractivity contribution in [1.82, 2.24) is 4.90 Å². The Balaban J connectivity index is 1.92. The van der Waals surface area contributed by atoms with Crippen molar-refractivity contribution in [3.63, 3.8) is 0 Å². The second-order valence-corrected chi connectivity index (χ2v) is 3.81. The van der Waals surface area contributed by atoms with Gasteiger partial charge >= 0.3 is 0 Å². The Bertz CT molecular complexity index is 132. The number of aliphatic hydroxyl groups is 1. The van der Waals surface area contributed by atoms with Crippen LogP contribution in [-0.2, 0) is 0 Å². The minimum Gasteiger partial charge on any atom is -0.391 e. The van der Waals surface area contributed by atoms with Gasteiger partial charge in [0.05, 0.1) is 6.10 Å². The van der Waals surface area contributed by atoms with Gasteiger partial charge in [-0.15, -0.1) is 0 Å². The van der Waals surface area contributed by atoms with E-state index in [1.165, 1.54) is 38.8 Å². The van der Waals surface area contributed by atoms with Crippen molar-refractivity contribution in [2.24, 2.45) is 0 Å². The summed E-state index contributed by atoms with van der Waals surface area (Å²) in [5, 5.41) is 9.61. The van der Waals surface area contributed by atoms with E-state index >= 15 is 0 Å². The first-order valence-corrected chi connectivity index (χ1v) is 4.80. The molecule has 0 aromatic rings. The third-order valence-corrected chi connectivity index (χ3v) is 3.05. The van der Waals surface area contributed by atoms with Crippen LogP contribution in [0.4, 0.5) is 0 Å². The maximum Gasteiger partial charge on any atom is 0.0695 e. The molecule has 0 aromatic heterocycles. The molecule has 2 nitrogen and oxygen atoms in total. The van der Waals surface area contributed by atoms with Gasteiger partial charge in [0.1, 0.15) is 0 Å². The van der Waals surface area contributed by atoms with Gasteiger partial charge in [-0.2, -0.15) is 0 Å². The van der Waals surface area contributed by atoms with E-state index in [0.717, 1.165) is 6.42 Å². The maximum atomic E-state index is 9.61. The monoisotopic (exact) mass is 155 g/mol. The Hall–Kier alpha value is -0.0800. The molecule has 2 aliphatic rings. The lowest BCUT2D eigenvalue weighted by molar-refractivity contribution is 0.0853. The molecular weight excluding hydrogens is 138 g/mol. The van der Waals surface area contributed by atoms with Crippen LogP contribution in [0.5, 0.6) is 0 Å². The maximum absolute atomic E-state index is 9.61. The number of likely N-dealkylation sites (tertiary alicyclic amines) is 1. The van der Waals surface area contributed by atoms with Crippen LogP contribution in [-0.4, -0.2) is 35.2 Å². The first-order chi connectivity index (χ1) is 5.38. The predicted molar refractivity (Wildman–Crippen MR) is 44.5 cm³/mol. The molecule has 64 valence electrons. The number of hydrogen-bond donors (Lipinski definition) is 1. The van der Waals surface area contributed by atoms with Crippen LogP contribution in [0.15, 0.2) is 0 Å². The summed E-state index contributed by atoms with van der Waals surface area (Å²) in [6.45, 7) is 2.45. The fourth-order valence-corrected chi connectivity index (χ4v) is 2.42. The molecule has 2 heteroatoms. The summed E-state index contributed by atoms with van der Waals surface area (Å²) >= 11 is 0. The van der Waals surface area contributed by atoms with Gasteiger partial charge in [-0.1, -0.05) is 0 Å². The van der Waals surface area contributed by atoms with Gasteiger partial charge in [-0.25, -0.2) is 0 Å². The predicted octanol–water partition coefficient (Wildman–Crippen LogP) is 0.996. The Labute approximate surface area is 68.2 Å². The minimum atomic E-state index is -0.0203. The van der Waals surface area contributed by atoms with E-state index in [-0.39, 0.29) is 6.10 Å². The molecule has 0 unspecified atom stereocenters. The summed E-state index contributed by atoms with van der Waals surface area (Å²) < 4.78 is 0. The number of aliphatic hydroxyl groups excluding tert-OH is 1. The molecule has 1 saturated carbocycles. The second kappa shape index (κ2) is 3.11. The zero-order chi connectivity index (χ0) is 7.68. The molecule has 1 aliphatic carbocycles. The summed E-state index contributed by atoms with van der Waals surface area (Å²) in [6, 6.07) is 0.512. The molecule has 1 saturated heterocycles. The molecule has 1 N–H and O–H groups in total. The topological polar surface area (TPSA) is 23.5 Å². The molecule has 1 aliphatic heterocycles. The van der Waals surface area contributed by atoms with Crippen LogP contribution >= 0.6 is 0 Å². The Morgan fingerprint density at radius 2 is 1.73 bits per heavy atom. The lowest BCUT2D eigenvalue weighted by Gasteiger charge is -2.25. The Morgan fingerprint density at radius 1 is 1.00 bits per heavy atom. The Morgan fingerprint density at radius 3 is 2.27 bits per heavy atom. The molecule has 11 heavy (non-hydrogen) atoms. The minimum absolute atomic E-state index is 0.0203. The number of hydrogen-bond acceptors (Lipinski definition) is 2. The average Bonchev–Trinajstić information content (AvgIpc) is 2.55. The standard InChI is InChI=1S/C9H17NO/c11-9-5-3-4-8(9)10-6-1-2-7-10/h8-9,11H,1-7H2/t8-,9+/m1/s1. The molecule has 0 radical (unpaired) electrons. The van der Waals surface area contributed by atoms with Crippen LogP contribution < -0.4 is 0 Å². The van der Waals surface area contributed by atoms with Gasteiger partial charge in [0.15, 0.2) is 0 Å². The van der Waals surface area contributed by atoms with Crippen molar-refractivity contribution in [2.75, 3.05) is 13.1 Å². The van der Waals surface area contributed by atoms with Crippen LogP contribution in [0.25, 0.3) is 0 Å². The van der Waals surface area contributed by atoms with Crippen molar-refractivity contribution in [1.29, 1.82) is 0 Å². The summed E-state index contributed by atoms with van der Waals surface area (Å²) in [6.07, 6.45) is 6.13. The van der Waals surface area contributed by atoms with Crippen LogP contribution in [0.1, 0.15) is 32.1 Å². The first kappa shape index (κ1) is 7.56. The van der Waals surface area contributed by atoms with Crippen molar-refractivity contribution < 1.29 is 5.11 Å². The van der Waals surface area contributed by atoms with Crippen molar-refractivity contribution in [2.45, 2.75) is 44.2 Å². The smallest absolute Gasteiger partial charge is 0.0695 e. The van der Waals surface area contributed by atoms with Gasteiger partial charge in [0.25, 0.3) is 0 Å². The van der Waals surface area contributed by atoms with E-state index < -0.39 is 0 Å². The molecule has 2 fully saturated rings. The second-order valence-electron chi connectivity index (χ2n) is 3.81. The van der Waals surface area contributed by atoms with Crippen LogP contribution in [0.3, 0.4) is 0 Å². The first-order valence-electron chi connectivity index (χ1n) is 4.80. The largest absolute Gasteiger partial charge is 0.391 e. The quantitative estimate of drug-likeness (QED) is 0.610. The summed E-state index contributed by atoms with van der Waals surface area (Å²) in [5.41, 5.74) is 0. The highest BCUT2D eigenvalue weighted by molar-refractivity contribution is 4.86. The number of rotatable bonds is 1. The fourth-order valence-electron chi connectivity index (χ4n) is 2.42. The van der Waals surface area contributed by atoms with Gasteiger partial charge in [0.2, 0.25) is 0 Å². The lowest BCUT2D eigenvalue weighted by Crippen LogP contribution is -2.38. The summed E-state index contributed by atoms with van der Waals surface area (Å²) in [5.74, 6) is 0. The summed E-state index contributed by atoms with van der Waals surface area (Å²) in [7, 11) is 0. The highest BCUT2D eigenvalue weighted by Crippen LogP contribution is 2.26. The van der Waals surface area contributed by atoms with E-state index in [9.17, 15) is 5.11 Å². The van der Waals surface area contributed by atoms with Gasteiger partial charge < -0.3 is 5.11 Å². The normalized spacial score (nSPS) is 40.1. The van der Waals surface area contributed by atoms with Crippen LogP contribution in [0.2, 0.25) is 0 Å². The lowest BCUT2D eigenvalue weighted by atomic mass is 10.2. The summed E-state index contributed by atoms with van der Waals surface area (Å²) in [4.78, 5) is 2.47. The molecule has 0 aromatic carbocycles. The van der Waals surface area contributed by atoms with Crippen molar-refractivity contribution in [3.05, 3.63) is 0 Å². The van der Waals surface area contributed by atoms with E-state index in [0.29, 0.717) is 6.04 Å². The Kier molecular flexibility index (Phi) is 2.14. The van der Waals surface area contributed by atoms with Gasteiger partial charge in [-0.05, 0) is 45.2 Å². The molecule has 0 spiro atoms. The third-order valence-electron chi connectivity index (χ3n) is 3.05. The van der Waals surface area contributed by atoms with Gasteiger partial charge in [0, 0.05) is 6.04 Å². The van der Waals surface area contributed by atoms with Gasteiger partial charge in [-0.3, -0.25) is 4.90 Å². The molecular formula is C9H17NO. The third kappa shape index (κ3) is 1.42. The van der Waals surface area contributed by atoms with Crippen molar-refractivity contribution in [3.8, 4) is 0 Å². The van der Waals surface area contributed by atoms with E-state index in [4.69, 9.17) is 0 Å². The fraction of sp³-hybridized carbons (Fsp3) is 1.00. The van der Waals surface area contributed by atoms with E-state index in [1.807, 2.05) is 0 Å².